The van der Waals surface area contributed by atoms with Crippen molar-refractivity contribution in [1.82, 2.24) is 4.98 Å². The monoisotopic (exact) mass is 362 g/mol. The van der Waals surface area contributed by atoms with Gasteiger partial charge in [-0.1, -0.05) is 20.8 Å². The molecule has 0 bridgehead atoms. The molecule has 2 rings (SSSR count). The van der Waals surface area contributed by atoms with Crippen molar-refractivity contribution in [3.63, 3.8) is 0 Å². The number of hydrogen-bond donors (Lipinski definition) is 0. The second-order valence-corrected chi connectivity index (χ2v) is 7.37. The number of carboxylic acid groups (broad SMARTS) is 1. The second kappa shape index (κ2) is 7.65. The number of aliphatic carboxylic acids is 1. The Morgan fingerprint density at radius 3 is 2.60 bits per heavy atom. The van der Waals surface area contributed by atoms with Crippen LogP contribution in [-0.2, 0) is 16.6 Å². The molecular weight excluding hydrogens is 342 g/mol. The second-order valence-electron chi connectivity index (χ2n) is 6.52. The maximum absolute atomic E-state index is 12.2. The number of carboxylic acids is 1. The number of methoxy groups -OCH3 is 1. The van der Waals surface area contributed by atoms with Gasteiger partial charge >= 0.3 is 0 Å². The van der Waals surface area contributed by atoms with Crippen LogP contribution in [0.2, 0.25) is 0 Å². The van der Waals surface area contributed by atoms with Gasteiger partial charge in [0.05, 0.1) is 12.8 Å². The Morgan fingerprint density at radius 1 is 1.28 bits per heavy atom. The van der Waals surface area contributed by atoms with Crippen LogP contribution in [0, 0.1) is 0 Å². The molecule has 0 aliphatic heterocycles. The highest BCUT2D eigenvalue weighted by molar-refractivity contribution is 7.11. The van der Waals surface area contributed by atoms with Crippen LogP contribution >= 0.6 is 11.3 Å². The highest BCUT2D eigenvalue weighted by atomic mass is 32.1. The quantitative estimate of drug-likeness (QED) is 0.700. The van der Waals surface area contributed by atoms with E-state index in [1.54, 1.807) is 19.2 Å². The van der Waals surface area contributed by atoms with E-state index in [-0.39, 0.29) is 29.2 Å². The summed E-state index contributed by atoms with van der Waals surface area (Å²) in [6, 6.07) is 5.44. The highest BCUT2D eigenvalue weighted by Gasteiger charge is 2.21. The van der Waals surface area contributed by atoms with Crippen molar-refractivity contribution in [3.8, 4) is 11.5 Å². The smallest absolute Gasteiger partial charge is 0.228 e. The molecule has 0 fully saturated rings. The Hall–Kier alpha value is -2.41. The lowest BCUT2D eigenvalue weighted by Crippen LogP contribution is -2.24. The Balaban J connectivity index is 2.11. The Labute approximate surface area is 150 Å². The van der Waals surface area contributed by atoms with Gasteiger partial charge < -0.3 is 19.4 Å². The zero-order valence-corrected chi connectivity index (χ0v) is 15.4. The number of nitrogens with zero attached hydrogens (tertiary/aromatic N) is 1. The molecule has 0 atom stereocenters. The minimum Gasteiger partial charge on any atom is -0.550 e. The molecule has 0 N–H and O–H groups in total. The van der Waals surface area contributed by atoms with Crippen molar-refractivity contribution in [3.05, 3.63) is 39.8 Å². The van der Waals surface area contributed by atoms with E-state index in [0.717, 1.165) is 22.6 Å². The van der Waals surface area contributed by atoms with Gasteiger partial charge in [0.15, 0.2) is 11.6 Å². The first-order valence-corrected chi connectivity index (χ1v) is 8.57. The minimum atomic E-state index is -1.23. The van der Waals surface area contributed by atoms with E-state index in [1.807, 2.05) is 26.8 Å². The summed E-state index contributed by atoms with van der Waals surface area (Å²) in [5, 5.41) is 12.3. The number of carbonyl (C=O) groups excluding carboxylic acids is 2. The van der Waals surface area contributed by atoms with Crippen molar-refractivity contribution in [1.29, 1.82) is 0 Å². The van der Waals surface area contributed by atoms with Crippen molar-refractivity contribution in [2.45, 2.75) is 32.6 Å². The fourth-order valence-corrected chi connectivity index (χ4v) is 2.96. The molecule has 1 heterocycles. The van der Waals surface area contributed by atoms with Gasteiger partial charge in [-0.25, -0.2) is 4.98 Å². The summed E-state index contributed by atoms with van der Waals surface area (Å²) in [5.74, 6) is -0.206. The van der Waals surface area contributed by atoms with Crippen LogP contribution in [0.3, 0.4) is 0 Å². The van der Waals surface area contributed by atoms with E-state index in [9.17, 15) is 14.7 Å². The molecule has 1 aromatic carbocycles. The van der Waals surface area contributed by atoms with Gasteiger partial charge in [0, 0.05) is 23.3 Å². The molecule has 0 saturated carbocycles. The van der Waals surface area contributed by atoms with Gasteiger partial charge in [0.2, 0.25) is 5.78 Å². The molecule has 0 aliphatic carbocycles. The number of aromatic nitrogens is 1. The largest absolute Gasteiger partial charge is 0.550 e. The first-order valence-electron chi connectivity index (χ1n) is 7.69. The van der Waals surface area contributed by atoms with Crippen LogP contribution < -0.4 is 14.6 Å². The average Bonchev–Trinajstić information content (AvgIpc) is 2.99. The van der Waals surface area contributed by atoms with Gasteiger partial charge in [-0.2, -0.15) is 0 Å². The van der Waals surface area contributed by atoms with E-state index in [4.69, 9.17) is 9.47 Å². The van der Waals surface area contributed by atoms with Crippen molar-refractivity contribution >= 4 is 23.1 Å². The lowest BCUT2D eigenvalue weighted by Gasteiger charge is -2.23. The zero-order valence-electron chi connectivity index (χ0n) is 14.6. The van der Waals surface area contributed by atoms with Gasteiger partial charge in [-0.05, 0) is 23.6 Å². The topological polar surface area (TPSA) is 88.6 Å². The number of carbonyl (C=O) groups is 2. The molecule has 25 heavy (non-hydrogen) atoms. The number of rotatable bonds is 7. The average molecular weight is 362 g/mol. The first-order chi connectivity index (χ1) is 11.7. The molecule has 1 aromatic heterocycles. The zero-order chi connectivity index (χ0) is 18.6. The van der Waals surface area contributed by atoms with Crippen LogP contribution in [-0.4, -0.2) is 30.5 Å². The summed E-state index contributed by atoms with van der Waals surface area (Å²) >= 11 is 1.10. The van der Waals surface area contributed by atoms with E-state index >= 15 is 0 Å². The number of thiazole rings is 1. The standard InChI is InChI=1S/C18H21NO5S/c1-18(2,3)13-8-12(23-4)5-6-15(13)24-9-14(20)17-19-11(10-25-17)7-16(21)22/h5-6,8,10H,7,9H2,1-4H3,(H,21,22)/p-1. The number of hydrogen-bond acceptors (Lipinski definition) is 7. The van der Waals surface area contributed by atoms with E-state index in [1.165, 1.54) is 5.38 Å². The minimum absolute atomic E-state index is 0.173. The van der Waals surface area contributed by atoms with Gasteiger partial charge in [0.25, 0.3) is 0 Å². The fourth-order valence-electron chi connectivity index (χ4n) is 2.22. The molecule has 0 spiro atoms. The van der Waals surface area contributed by atoms with Crippen LogP contribution in [0.15, 0.2) is 23.6 Å². The molecular formula is C18H20NO5S-. The highest BCUT2D eigenvalue weighted by Crippen LogP contribution is 2.34. The molecule has 2 aromatic rings. The Kier molecular flexibility index (Phi) is 5.79. The summed E-state index contributed by atoms with van der Waals surface area (Å²) in [6.07, 6.45) is -0.308. The van der Waals surface area contributed by atoms with Gasteiger partial charge in [-0.15, -0.1) is 11.3 Å². The number of ketones is 1. The fraction of sp³-hybridized carbons (Fsp3) is 0.389. The molecule has 134 valence electrons. The van der Waals surface area contributed by atoms with Crippen molar-refractivity contribution in [2.24, 2.45) is 0 Å². The Bertz CT molecular complexity index is 776. The van der Waals surface area contributed by atoms with E-state index in [2.05, 4.69) is 4.98 Å². The van der Waals surface area contributed by atoms with Crippen molar-refractivity contribution < 1.29 is 24.2 Å². The Morgan fingerprint density at radius 2 is 2.00 bits per heavy atom. The molecule has 7 heteroatoms. The molecule has 0 amide bonds. The third-order valence-electron chi connectivity index (χ3n) is 3.47. The predicted octanol–water partition coefficient (Wildman–Crippen LogP) is 2.00. The van der Waals surface area contributed by atoms with Gasteiger partial charge in [0.1, 0.15) is 11.5 Å². The SMILES string of the molecule is COc1ccc(OCC(=O)c2nc(CC(=O)[O-])cs2)c(C(C)(C)C)c1. The number of ether oxygens (including phenoxy) is 2. The van der Waals surface area contributed by atoms with E-state index < -0.39 is 5.97 Å². The summed E-state index contributed by atoms with van der Waals surface area (Å²) < 4.78 is 11.0. The van der Waals surface area contributed by atoms with Crippen LogP contribution in [0.4, 0.5) is 0 Å². The van der Waals surface area contributed by atoms with Gasteiger partial charge in [-0.3, -0.25) is 4.79 Å². The summed E-state index contributed by atoms with van der Waals surface area (Å²) in [4.78, 5) is 26.8. The van der Waals surface area contributed by atoms with E-state index in [0.29, 0.717) is 11.4 Å². The normalized spacial score (nSPS) is 11.2. The van der Waals surface area contributed by atoms with Crippen molar-refractivity contribution in [2.75, 3.05) is 13.7 Å². The van der Waals surface area contributed by atoms with Crippen LogP contribution in [0.25, 0.3) is 0 Å². The van der Waals surface area contributed by atoms with Crippen LogP contribution in [0.1, 0.15) is 41.8 Å². The third-order valence-corrected chi connectivity index (χ3v) is 4.40. The maximum atomic E-state index is 12.2. The number of Topliss-reactive ketones (excluding diaryl/α,β-unsaturated/α-hetero) is 1. The molecule has 0 unspecified atom stereocenters. The molecule has 6 nitrogen and oxygen atoms in total. The predicted molar refractivity (Wildman–Crippen MR) is 92.3 cm³/mol. The summed E-state index contributed by atoms with van der Waals surface area (Å²) in [6.45, 7) is 5.96. The maximum Gasteiger partial charge on any atom is 0.228 e. The molecule has 0 radical (unpaired) electrons. The third kappa shape index (κ3) is 5.03. The van der Waals surface area contributed by atoms with Crippen LogP contribution in [0.5, 0.6) is 11.5 Å². The molecule has 0 saturated heterocycles. The summed E-state index contributed by atoms with van der Waals surface area (Å²) in [5.41, 5.74) is 1.06. The lowest BCUT2D eigenvalue weighted by atomic mass is 9.86. The first kappa shape index (κ1) is 18.9. The molecule has 0 aliphatic rings. The summed E-state index contributed by atoms with van der Waals surface area (Å²) in [7, 11) is 1.60. The lowest BCUT2D eigenvalue weighted by molar-refractivity contribution is -0.304. The number of benzene rings is 1.